The summed E-state index contributed by atoms with van der Waals surface area (Å²) in [5.41, 5.74) is 1.29. The lowest BCUT2D eigenvalue weighted by Crippen LogP contribution is -2.39. The Kier molecular flexibility index (Phi) is 8.88. The standard InChI is InChI=1S/C23H26Cl3N3O2/c24-19-6-2-1-4-17(19)14-29-23(31)28-13-16-10-8-15(9-11-16)12-27-22(30)18-5-3-7-20(25)21(18)26/h1-7,15-16H,8-14H2,(H,27,30)(H2,28,29,31). The van der Waals surface area contributed by atoms with Crippen molar-refractivity contribution >= 4 is 46.7 Å². The Labute approximate surface area is 197 Å². The van der Waals surface area contributed by atoms with Gasteiger partial charge in [-0.05, 0) is 61.3 Å². The summed E-state index contributed by atoms with van der Waals surface area (Å²) in [6, 6.07) is 12.3. The fourth-order valence-corrected chi connectivity index (χ4v) is 4.36. The fourth-order valence-electron chi connectivity index (χ4n) is 3.77. The molecule has 3 rings (SSSR count). The molecule has 1 aliphatic carbocycles. The number of hydrogen-bond acceptors (Lipinski definition) is 2. The lowest BCUT2D eigenvalue weighted by atomic mass is 9.82. The predicted molar refractivity (Wildman–Crippen MR) is 126 cm³/mol. The third-order valence-corrected chi connectivity index (χ3v) is 6.85. The van der Waals surface area contributed by atoms with E-state index in [4.69, 9.17) is 34.8 Å². The molecule has 31 heavy (non-hydrogen) atoms. The maximum Gasteiger partial charge on any atom is 0.315 e. The molecule has 166 valence electrons. The van der Waals surface area contributed by atoms with E-state index in [0.29, 0.717) is 47.1 Å². The highest BCUT2D eigenvalue weighted by Gasteiger charge is 2.22. The molecule has 3 amide bonds. The minimum absolute atomic E-state index is 0.187. The summed E-state index contributed by atoms with van der Waals surface area (Å²) in [6.07, 6.45) is 4.06. The van der Waals surface area contributed by atoms with E-state index in [2.05, 4.69) is 16.0 Å². The Bertz CT molecular complexity index is 915. The molecule has 0 bridgehead atoms. The van der Waals surface area contributed by atoms with Crippen LogP contribution in [0.3, 0.4) is 0 Å². The molecule has 0 saturated heterocycles. The van der Waals surface area contributed by atoms with E-state index in [-0.39, 0.29) is 17.0 Å². The van der Waals surface area contributed by atoms with Gasteiger partial charge in [-0.1, -0.05) is 59.1 Å². The maximum atomic E-state index is 12.4. The van der Waals surface area contributed by atoms with Crippen LogP contribution in [0.4, 0.5) is 4.79 Å². The van der Waals surface area contributed by atoms with Gasteiger partial charge in [0, 0.05) is 24.7 Å². The summed E-state index contributed by atoms with van der Waals surface area (Å²) in [7, 11) is 0. The topological polar surface area (TPSA) is 70.2 Å². The monoisotopic (exact) mass is 481 g/mol. The van der Waals surface area contributed by atoms with E-state index in [1.165, 1.54) is 0 Å². The number of nitrogens with one attached hydrogen (secondary N) is 3. The van der Waals surface area contributed by atoms with Crippen LogP contribution < -0.4 is 16.0 Å². The zero-order valence-corrected chi connectivity index (χ0v) is 19.4. The van der Waals surface area contributed by atoms with Crippen molar-refractivity contribution in [2.45, 2.75) is 32.2 Å². The van der Waals surface area contributed by atoms with Crippen molar-refractivity contribution in [3.63, 3.8) is 0 Å². The lowest BCUT2D eigenvalue weighted by Gasteiger charge is -2.28. The van der Waals surface area contributed by atoms with Crippen molar-refractivity contribution in [2.75, 3.05) is 13.1 Å². The molecule has 5 nitrogen and oxygen atoms in total. The van der Waals surface area contributed by atoms with Crippen LogP contribution in [-0.2, 0) is 6.54 Å². The van der Waals surface area contributed by atoms with Crippen molar-refractivity contribution in [1.82, 2.24) is 16.0 Å². The summed E-state index contributed by atoms with van der Waals surface area (Å²) in [6.45, 7) is 1.65. The van der Waals surface area contributed by atoms with E-state index in [0.717, 1.165) is 31.2 Å². The van der Waals surface area contributed by atoms with Gasteiger partial charge in [0.1, 0.15) is 0 Å². The van der Waals surface area contributed by atoms with Gasteiger partial charge >= 0.3 is 6.03 Å². The van der Waals surface area contributed by atoms with Gasteiger partial charge in [-0.25, -0.2) is 4.79 Å². The van der Waals surface area contributed by atoms with Gasteiger partial charge in [-0.2, -0.15) is 0 Å². The molecule has 3 N–H and O–H groups in total. The van der Waals surface area contributed by atoms with Crippen molar-refractivity contribution < 1.29 is 9.59 Å². The Morgan fingerprint density at radius 1 is 0.774 bits per heavy atom. The molecule has 0 heterocycles. The third kappa shape index (κ3) is 7.03. The summed E-state index contributed by atoms with van der Waals surface area (Å²) in [5.74, 6) is 0.666. The van der Waals surface area contributed by atoms with E-state index in [1.54, 1.807) is 24.3 Å². The minimum Gasteiger partial charge on any atom is -0.352 e. The van der Waals surface area contributed by atoms with Gasteiger partial charge in [-0.3, -0.25) is 4.79 Å². The van der Waals surface area contributed by atoms with Gasteiger partial charge in [-0.15, -0.1) is 0 Å². The SMILES string of the molecule is O=C(NCc1ccccc1Cl)NCC1CCC(CNC(=O)c2cccc(Cl)c2Cl)CC1. The highest BCUT2D eigenvalue weighted by molar-refractivity contribution is 6.43. The van der Waals surface area contributed by atoms with Crippen LogP contribution in [0, 0.1) is 11.8 Å². The fraction of sp³-hybridized carbons (Fsp3) is 0.391. The van der Waals surface area contributed by atoms with Crippen molar-refractivity contribution in [3.05, 3.63) is 68.7 Å². The first-order valence-electron chi connectivity index (χ1n) is 10.4. The first-order chi connectivity index (χ1) is 14.9. The molecule has 0 spiro atoms. The minimum atomic E-state index is -0.202. The van der Waals surface area contributed by atoms with E-state index in [1.807, 2.05) is 18.2 Å². The molecule has 0 unspecified atom stereocenters. The third-order valence-electron chi connectivity index (χ3n) is 5.66. The predicted octanol–water partition coefficient (Wildman–Crippen LogP) is 5.68. The average molecular weight is 483 g/mol. The number of rotatable bonds is 7. The Morgan fingerprint density at radius 3 is 2.06 bits per heavy atom. The van der Waals surface area contributed by atoms with Gasteiger partial charge < -0.3 is 16.0 Å². The molecule has 0 aliphatic heterocycles. The Hall–Kier alpha value is -1.95. The normalized spacial score (nSPS) is 18.3. The number of urea groups is 1. The number of amides is 3. The second kappa shape index (κ2) is 11.6. The number of carbonyl (C=O) groups is 2. The van der Waals surface area contributed by atoms with Crippen LogP contribution in [0.25, 0.3) is 0 Å². The summed E-state index contributed by atoms with van der Waals surface area (Å²) in [5, 5.41) is 10.1. The summed E-state index contributed by atoms with van der Waals surface area (Å²) < 4.78 is 0. The largest absolute Gasteiger partial charge is 0.352 e. The summed E-state index contributed by atoms with van der Waals surface area (Å²) >= 11 is 18.2. The zero-order chi connectivity index (χ0) is 22.2. The van der Waals surface area contributed by atoms with E-state index >= 15 is 0 Å². The Morgan fingerprint density at radius 2 is 1.39 bits per heavy atom. The first kappa shape index (κ1) is 23.7. The summed E-state index contributed by atoms with van der Waals surface area (Å²) in [4.78, 5) is 24.4. The van der Waals surface area contributed by atoms with Crippen molar-refractivity contribution in [3.8, 4) is 0 Å². The van der Waals surface area contributed by atoms with Crippen LogP contribution in [0.1, 0.15) is 41.6 Å². The van der Waals surface area contributed by atoms with Gasteiger partial charge in [0.15, 0.2) is 0 Å². The number of halogens is 3. The number of benzene rings is 2. The van der Waals surface area contributed by atoms with Crippen LogP contribution in [0.2, 0.25) is 15.1 Å². The molecule has 0 radical (unpaired) electrons. The lowest BCUT2D eigenvalue weighted by molar-refractivity contribution is 0.0941. The highest BCUT2D eigenvalue weighted by Crippen LogP contribution is 2.29. The molecular formula is C23H26Cl3N3O2. The molecule has 1 aliphatic rings. The molecule has 8 heteroatoms. The van der Waals surface area contributed by atoms with Gasteiger partial charge in [0.25, 0.3) is 5.91 Å². The molecule has 1 saturated carbocycles. The van der Waals surface area contributed by atoms with Gasteiger partial charge in [0.05, 0.1) is 15.6 Å². The van der Waals surface area contributed by atoms with Crippen molar-refractivity contribution in [2.24, 2.45) is 11.8 Å². The molecule has 2 aromatic carbocycles. The maximum absolute atomic E-state index is 12.4. The smallest absolute Gasteiger partial charge is 0.315 e. The second-order valence-corrected chi connectivity index (χ2v) is 9.05. The quantitative estimate of drug-likeness (QED) is 0.475. The van der Waals surface area contributed by atoms with E-state index in [9.17, 15) is 9.59 Å². The van der Waals surface area contributed by atoms with Crippen molar-refractivity contribution in [1.29, 1.82) is 0 Å². The zero-order valence-electron chi connectivity index (χ0n) is 17.1. The molecular weight excluding hydrogens is 457 g/mol. The molecule has 2 aromatic rings. The molecule has 1 fully saturated rings. The Balaban J connectivity index is 1.33. The molecule has 0 aromatic heterocycles. The van der Waals surface area contributed by atoms with Crippen LogP contribution in [-0.4, -0.2) is 25.0 Å². The first-order valence-corrected chi connectivity index (χ1v) is 11.5. The molecule has 0 atom stereocenters. The van der Waals surface area contributed by atoms with Crippen LogP contribution in [0.15, 0.2) is 42.5 Å². The van der Waals surface area contributed by atoms with Crippen LogP contribution in [0.5, 0.6) is 0 Å². The second-order valence-electron chi connectivity index (χ2n) is 7.85. The number of carbonyl (C=O) groups excluding carboxylic acids is 2. The average Bonchev–Trinajstić information content (AvgIpc) is 2.78. The van der Waals surface area contributed by atoms with Crippen LogP contribution >= 0.6 is 34.8 Å². The van der Waals surface area contributed by atoms with Gasteiger partial charge in [0.2, 0.25) is 0 Å². The number of hydrogen-bond donors (Lipinski definition) is 3. The van der Waals surface area contributed by atoms with E-state index < -0.39 is 0 Å². The highest BCUT2D eigenvalue weighted by atomic mass is 35.5.